The molecular formula is C14H16N4OS. The lowest BCUT2D eigenvalue weighted by atomic mass is 10.1. The summed E-state index contributed by atoms with van der Waals surface area (Å²) in [5.74, 6) is -0.170. The van der Waals surface area contributed by atoms with E-state index in [0.29, 0.717) is 21.9 Å². The van der Waals surface area contributed by atoms with Crippen LogP contribution >= 0.6 is 12.2 Å². The molecule has 0 fully saturated rings. The van der Waals surface area contributed by atoms with Gasteiger partial charge in [0.25, 0.3) is 5.91 Å². The van der Waals surface area contributed by atoms with Crippen LogP contribution in [0.15, 0.2) is 24.3 Å². The highest BCUT2D eigenvalue weighted by atomic mass is 32.1. The molecule has 5 nitrogen and oxygen atoms in total. The van der Waals surface area contributed by atoms with Gasteiger partial charge in [0.15, 0.2) is 0 Å². The summed E-state index contributed by atoms with van der Waals surface area (Å²) in [6.07, 6.45) is 0. The Morgan fingerprint density at radius 2 is 1.90 bits per heavy atom. The molecule has 3 N–H and O–H groups in total. The van der Waals surface area contributed by atoms with Crippen molar-refractivity contribution in [3.8, 4) is 0 Å². The van der Waals surface area contributed by atoms with Crippen molar-refractivity contribution in [2.24, 2.45) is 12.8 Å². The Morgan fingerprint density at radius 3 is 2.35 bits per heavy atom. The fourth-order valence-electron chi connectivity index (χ4n) is 2.01. The largest absolute Gasteiger partial charge is 0.389 e. The number of rotatable bonds is 3. The van der Waals surface area contributed by atoms with E-state index in [1.807, 2.05) is 20.9 Å². The van der Waals surface area contributed by atoms with Gasteiger partial charge in [0.05, 0.1) is 11.3 Å². The highest BCUT2D eigenvalue weighted by molar-refractivity contribution is 7.80. The maximum Gasteiger partial charge on any atom is 0.259 e. The quantitative estimate of drug-likeness (QED) is 0.846. The minimum absolute atomic E-state index is 0.170. The predicted octanol–water partition coefficient (Wildman–Crippen LogP) is 1.92. The molecule has 0 aliphatic rings. The fourth-order valence-corrected chi connectivity index (χ4v) is 2.15. The lowest BCUT2D eigenvalue weighted by Crippen LogP contribution is -2.14. The molecule has 0 aliphatic heterocycles. The van der Waals surface area contributed by atoms with Crippen LogP contribution in [0, 0.1) is 13.8 Å². The van der Waals surface area contributed by atoms with Gasteiger partial charge in [0.2, 0.25) is 0 Å². The molecular weight excluding hydrogens is 272 g/mol. The molecule has 104 valence electrons. The number of benzene rings is 1. The van der Waals surface area contributed by atoms with E-state index in [1.54, 1.807) is 28.9 Å². The van der Waals surface area contributed by atoms with Crippen molar-refractivity contribution in [1.29, 1.82) is 0 Å². The van der Waals surface area contributed by atoms with E-state index >= 15 is 0 Å². The van der Waals surface area contributed by atoms with Gasteiger partial charge in [-0.1, -0.05) is 12.2 Å². The highest BCUT2D eigenvalue weighted by Crippen LogP contribution is 2.16. The van der Waals surface area contributed by atoms with Gasteiger partial charge in [-0.15, -0.1) is 0 Å². The summed E-state index contributed by atoms with van der Waals surface area (Å²) in [5, 5.41) is 7.08. The van der Waals surface area contributed by atoms with Crippen LogP contribution in [0.4, 0.5) is 5.69 Å². The zero-order chi connectivity index (χ0) is 14.9. The third-order valence-electron chi connectivity index (χ3n) is 3.16. The number of nitrogens with two attached hydrogens (primary N) is 1. The van der Waals surface area contributed by atoms with E-state index < -0.39 is 0 Å². The summed E-state index contributed by atoms with van der Waals surface area (Å²) in [6.45, 7) is 3.68. The van der Waals surface area contributed by atoms with Gasteiger partial charge in [-0.05, 0) is 38.1 Å². The molecule has 2 rings (SSSR count). The minimum atomic E-state index is -0.170. The number of nitrogens with one attached hydrogen (secondary N) is 1. The highest BCUT2D eigenvalue weighted by Gasteiger charge is 2.17. The van der Waals surface area contributed by atoms with Gasteiger partial charge in [-0.25, -0.2) is 0 Å². The third kappa shape index (κ3) is 2.70. The second-order valence-corrected chi connectivity index (χ2v) is 5.00. The standard InChI is InChI=1S/C14H16N4OS/c1-8-12(9(2)18(3)17-8)14(19)16-11-6-4-10(5-7-11)13(15)20/h4-7H,1-3H3,(H2,15,20)(H,16,19). The number of carbonyl (C=O) groups excluding carboxylic acids is 1. The molecule has 0 saturated carbocycles. The topological polar surface area (TPSA) is 72.9 Å². The van der Waals surface area contributed by atoms with Crippen LogP contribution in [0.2, 0.25) is 0 Å². The molecule has 0 atom stereocenters. The summed E-state index contributed by atoms with van der Waals surface area (Å²) in [7, 11) is 1.82. The van der Waals surface area contributed by atoms with Crippen LogP contribution in [-0.2, 0) is 7.05 Å². The minimum Gasteiger partial charge on any atom is -0.389 e. The van der Waals surface area contributed by atoms with Crippen molar-refractivity contribution in [3.05, 3.63) is 46.8 Å². The normalized spacial score (nSPS) is 10.3. The molecule has 1 heterocycles. The maximum atomic E-state index is 12.3. The Labute approximate surface area is 122 Å². The molecule has 1 aromatic heterocycles. The van der Waals surface area contributed by atoms with Crippen molar-refractivity contribution in [2.75, 3.05) is 5.32 Å². The molecule has 0 unspecified atom stereocenters. The van der Waals surface area contributed by atoms with Crippen molar-refractivity contribution in [3.63, 3.8) is 0 Å². The number of aryl methyl sites for hydroxylation is 2. The number of thiocarbonyl (C=S) groups is 1. The number of anilines is 1. The summed E-state index contributed by atoms with van der Waals surface area (Å²) in [5.41, 5.74) is 9.14. The first kappa shape index (κ1) is 14.2. The number of carbonyl (C=O) groups is 1. The van der Waals surface area contributed by atoms with Crippen LogP contribution in [-0.4, -0.2) is 20.7 Å². The molecule has 0 bridgehead atoms. The van der Waals surface area contributed by atoms with E-state index in [9.17, 15) is 4.79 Å². The first-order valence-corrected chi connectivity index (χ1v) is 6.52. The number of hydrogen-bond donors (Lipinski definition) is 2. The van der Waals surface area contributed by atoms with Gasteiger partial charge in [-0.3, -0.25) is 9.48 Å². The lowest BCUT2D eigenvalue weighted by Gasteiger charge is -2.06. The molecule has 0 aliphatic carbocycles. The van der Waals surface area contributed by atoms with Crippen LogP contribution in [0.25, 0.3) is 0 Å². The fraction of sp³-hybridized carbons (Fsp3) is 0.214. The number of amides is 1. The van der Waals surface area contributed by atoms with Gasteiger partial charge in [0.1, 0.15) is 4.99 Å². The first-order chi connectivity index (χ1) is 9.40. The van der Waals surface area contributed by atoms with E-state index in [0.717, 1.165) is 11.3 Å². The Morgan fingerprint density at radius 1 is 1.30 bits per heavy atom. The zero-order valence-electron chi connectivity index (χ0n) is 11.6. The Balaban J connectivity index is 2.21. The monoisotopic (exact) mass is 288 g/mol. The van der Waals surface area contributed by atoms with Crippen molar-refractivity contribution >= 4 is 28.8 Å². The maximum absolute atomic E-state index is 12.3. The predicted molar refractivity (Wildman–Crippen MR) is 83.0 cm³/mol. The van der Waals surface area contributed by atoms with Crippen LogP contribution in [0.1, 0.15) is 27.3 Å². The van der Waals surface area contributed by atoms with E-state index in [4.69, 9.17) is 18.0 Å². The lowest BCUT2D eigenvalue weighted by molar-refractivity contribution is 0.102. The zero-order valence-corrected chi connectivity index (χ0v) is 12.4. The van der Waals surface area contributed by atoms with Crippen molar-refractivity contribution < 1.29 is 4.79 Å². The number of aromatic nitrogens is 2. The first-order valence-electron chi connectivity index (χ1n) is 6.11. The van der Waals surface area contributed by atoms with Crippen molar-refractivity contribution in [1.82, 2.24) is 9.78 Å². The van der Waals surface area contributed by atoms with E-state index in [1.165, 1.54) is 0 Å². The van der Waals surface area contributed by atoms with Gasteiger partial charge >= 0.3 is 0 Å². The Bertz CT molecular complexity index is 673. The molecule has 1 amide bonds. The summed E-state index contributed by atoms with van der Waals surface area (Å²) < 4.78 is 1.69. The Hall–Kier alpha value is -2.21. The summed E-state index contributed by atoms with van der Waals surface area (Å²) in [6, 6.07) is 7.10. The average Bonchev–Trinajstić information content (AvgIpc) is 2.63. The summed E-state index contributed by atoms with van der Waals surface area (Å²) in [4.78, 5) is 12.6. The molecule has 0 spiro atoms. The van der Waals surface area contributed by atoms with Crippen LogP contribution in [0.5, 0.6) is 0 Å². The van der Waals surface area contributed by atoms with Gasteiger partial charge in [0, 0.05) is 24.0 Å². The Kier molecular flexibility index (Phi) is 3.85. The molecule has 0 saturated heterocycles. The molecule has 2 aromatic rings. The van der Waals surface area contributed by atoms with E-state index in [2.05, 4.69) is 10.4 Å². The summed E-state index contributed by atoms with van der Waals surface area (Å²) >= 11 is 4.89. The SMILES string of the molecule is Cc1nn(C)c(C)c1C(=O)Nc1ccc(C(N)=S)cc1. The molecule has 6 heteroatoms. The van der Waals surface area contributed by atoms with Gasteiger partial charge < -0.3 is 11.1 Å². The second-order valence-electron chi connectivity index (χ2n) is 4.57. The smallest absolute Gasteiger partial charge is 0.259 e. The molecule has 0 radical (unpaired) electrons. The number of nitrogens with zero attached hydrogens (tertiary/aromatic N) is 2. The van der Waals surface area contributed by atoms with Gasteiger partial charge in [-0.2, -0.15) is 5.10 Å². The van der Waals surface area contributed by atoms with Crippen molar-refractivity contribution in [2.45, 2.75) is 13.8 Å². The molecule has 20 heavy (non-hydrogen) atoms. The number of hydrogen-bond acceptors (Lipinski definition) is 3. The third-order valence-corrected chi connectivity index (χ3v) is 3.40. The average molecular weight is 288 g/mol. The van der Waals surface area contributed by atoms with Crippen LogP contribution < -0.4 is 11.1 Å². The second kappa shape index (κ2) is 5.42. The molecule has 1 aromatic carbocycles. The van der Waals surface area contributed by atoms with E-state index in [-0.39, 0.29) is 5.91 Å². The van der Waals surface area contributed by atoms with Crippen LogP contribution in [0.3, 0.4) is 0 Å².